The zero-order chi connectivity index (χ0) is 20.5. The molecule has 2 aliphatic carbocycles. The molecule has 4 unspecified atom stereocenters. The molecule has 0 heterocycles. The van der Waals surface area contributed by atoms with Crippen molar-refractivity contribution in [1.29, 1.82) is 0 Å². The first-order chi connectivity index (χ1) is 13.1. The molecule has 4 atom stereocenters. The molecule has 2 aliphatic rings. The summed E-state index contributed by atoms with van der Waals surface area (Å²) in [5, 5.41) is 0. The molecule has 2 saturated carbocycles. The van der Waals surface area contributed by atoms with Gasteiger partial charge in [-0.15, -0.1) is 0 Å². The van der Waals surface area contributed by atoms with Crippen LogP contribution < -0.4 is 4.74 Å². The minimum absolute atomic E-state index is 0.128. The van der Waals surface area contributed by atoms with Crippen molar-refractivity contribution >= 4 is 0 Å². The summed E-state index contributed by atoms with van der Waals surface area (Å²) < 4.78 is 12.8. The zero-order valence-electron chi connectivity index (χ0n) is 19.3. The fourth-order valence-electron chi connectivity index (χ4n) is 6.02. The molecule has 0 amide bonds. The molecule has 2 nitrogen and oxygen atoms in total. The summed E-state index contributed by atoms with van der Waals surface area (Å²) in [6, 6.07) is 8.77. The Bertz CT molecular complexity index is 607. The van der Waals surface area contributed by atoms with Gasteiger partial charge in [0.15, 0.2) is 0 Å². The third kappa shape index (κ3) is 4.75. The maximum Gasteiger partial charge on any atom is 0.205 e. The first-order valence-corrected chi connectivity index (χ1v) is 11.5. The third-order valence-electron chi connectivity index (χ3n) is 7.42. The molecule has 158 valence electrons. The van der Waals surface area contributed by atoms with Gasteiger partial charge in [0, 0.05) is 12.0 Å². The average Bonchev–Trinajstić information content (AvgIpc) is 2.59. The van der Waals surface area contributed by atoms with Crippen molar-refractivity contribution < 1.29 is 9.47 Å². The van der Waals surface area contributed by atoms with Crippen LogP contribution in [0.15, 0.2) is 24.3 Å². The van der Waals surface area contributed by atoms with Crippen molar-refractivity contribution in [3.63, 3.8) is 0 Å². The van der Waals surface area contributed by atoms with Gasteiger partial charge in [0.25, 0.3) is 0 Å². The Kier molecular flexibility index (Phi) is 6.49. The summed E-state index contributed by atoms with van der Waals surface area (Å²) >= 11 is 0. The Hall–Kier alpha value is -1.02. The van der Waals surface area contributed by atoms with Gasteiger partial charge in [-0.1, -0.05) is 53.7 Å². The second kappa shape index (κ2) is 8.38. The molecule has 0 aliphatic heterocycles. The molecule has 28 heavy (non-hydrogen) atoms. The SMILES string of the molecule is CCOC(Oc1ccc(C(C)C(C)(C)C)cc1)C12CC(C)CC(CC(C)C1)C2. The fraction of sp³-hybridized carbons (Fsp3) is 0.769. The van der Waals surface area contributed by atoms with Crippen molar-refractivity contribution in [3.8, 4) is 5.75 Å². The fourth-order valence-corrected chi connectivity index (χ4v) is 6.02. The molecule has 1 aromatic rings. The van der Waals surface area contributed by atoms with Crippen molar-refractivity contribution in [2.45, 2.75) is 92.8 Å². The highest BCUT2D eigenvalue weighted by Crippen LogP contribution is 2.55. The van der Waals surface area contributed by atoms with E-state index in [4.69, 9.17) is 9.47 Å². The van der Waals surface area contributed by atoms with E-state index in [0.717, 1.165) is 23.5 Å². The second-order valence-corrected chi connectivity index (χ2v) is 11.1. The van der Waals surface area contributed by atoms with Crippen LogP contribution in [0.25, 0.3) is 0 Å². The lowest BCUT2D eigenvalue weighted by Crippen LogP contribution is -2.50. The summed E-state index contributed by atoms with van der Waals surface area (Å²) in [6.45, 7) is 16.9. The lowest BCUT2D eigenvalue weighted by molar-refractivity contribution is -0.195. The van der Waals surface area contributed by atoms with Crippen LogP contribution in [0.1, 0.15) is 92.1 Å². The number of fused-ring (bicyclic) bond motifs is 2. The Balaban J connectivity index is 1.79. The minimum Gasteiger partial charge on any atom is -0.464 e. The molecule has 0 N–H and O–H groups in total. The molecule has 0 aromatic heterocycles. The Morgan fingerprint density at radius 3 is 2.07 bits per heavy atom. The highest BCUT2D eigenvalue weighted by molar-refractivity contribution is 5.30. The topological polar surface area (TPSA) is 18.5 Å². The van der Waals surface area contributed by atoms with Crippen LogP contribution in [0, 0.1) is 28.6 Å². The van der Waals surface area contributed by atoms with Crippen LogP contribution in [0.4, 0.5) is 0 Å². The minimum atomic E-state index is -0.128. The molecular formula is C26H42O2. The monoisotopic (exact) mass is 386 g/mol. The van der Waals surface area contributed by atoms with E-state index >= 15 is 0 Å². The summed E-state index contributed by atoms with van der Waals surface area (Å²) in [4.78, 5) is 0. The zero-order valence-corrected chi connectivity index (χ0v) is 19.3. The molecule has 2 fully saturated rings. The van der Waals surface area contributed by atoms with Crippen molar-refractivity contribution in [2.75, 3.05) is 6.61 Å². The van der Waals surface area contributed by atoms with E-state index in [-0.39, 0.29) is 17.1 Å². The largest absolute Gasteiger partial charge is 0.464 e. The first-order valence-electron chi connectivity index (χ1n) is 11.5. The first kappa shape index (κ1) is 21.7. The smallest absolute Gasteiger partial charge is 0.205 e. The Morgan fingerprint density at radius 2 is 1.57 bits per heavy atom. The molecule has 3 rings (SSSR count). The quantitative estimate of drug-likeness (QED) is 0.473. The van der Waals surface area contributed by atoms with E-state index in [1.807, 2.05) is 0 Å². The number of hydrogen-bond acceptors (Lipinski definition) is 2. The van der Waals surface area contributed by atoms with Crippen molar-refractivity contribution in [2.24, 2.45) is 28.6 Å². The third-order valence-corrected chi connectivity index (χ3v) is 7.42. The molecule has 2 bridgehead atoms. The predicted octanol–water partition coefficient (Wildman–Crippen LogP) is 7.43. The normalized spacial score (nSPS) is 32.6. The maximum absolute atomic E-state index is 6.57. The second-order valence-electron chi connectivity index (χ2n) is 11.1. The van der Waals surface area contributed by atoms with E-state index in [1.165, 1.54) is 37.7 Å². The number of hydrogen-bond donors (Lipinski definition) is 0. The van der Waals surface area contributed by atoms with Gasteiger partial charge >= 0.3 is 0 Å². The van der Waals surface area contributed by atoms with E-state index in [9.17, 15) is 0 Å². The maximum atomic E-state index is 6.57. The van der Waals surface area contributed by atoms with Gasteiger partial charge in [-0.2, -0.15) is 0 Å². The summed E-state index contributed by atoms with van der Waals surface area (Å²) in [6.07, 6.45) is 6.37. The number of rotatable bonds is 6. The van der Waals surface area contributed by atoms with Crippen LogP contribution in [0.2, 0.25) is 0 Å². The average molecular weight is 387 g/mol. The van der Waals surface area contributed by atoms with E-state index in [0.29, 0.717) is 12.5 Å². The molecule has 1 aromatic carbocycles. The summed E-state index contributed by atoms with van der Waals surface area (Å²) in [5.41, 5.74) is 1.82. The van der Waals surface area contributed by atoms with Crippen LogP contribution in [0.5, 0.6) is 5.75 Å². The standard InChI is InChI=1S/C26H42O2/c1-8-27-24(26-15-18(2)13-21(17-26)14-19(3)16-26)28-23-11-9-22(10-12-23)20(4)25(5,6)7/h9-12,18-21,24H,8,13-17H2,1-7H3. The molecule has 0 radical (unpaired) electrons. The van der Waals surface area contributed by atoms with Gasteiger partial charge < -0.3 is 9.47 Å². The van der Waals surface area contributed by atoms with E-state index in [2.05, 4.69) is 72.7 Å². The van der Waals surface area contributed by atoms with Crippen LogP contribution in [-0.4, -0.2) is 12.9 Å². The van der Waals surface area contributed by atoms with Gasteiger partial charge in [0.2, 0.25) is 6.29 Å². The molecule has 0 spiro atoms. The van der Waals surface area contributed by atoms with Gasteiger partial charge in [-0.25, -0.2) is 0 Å². The Labute approximate surface area is 173 Å². The van der Waals surface area contributed by atoms with E-state index < -0.39 is 0 Å². The van der Waals surface area contributed by atoms with Crippen LogP contribution >= 0.6 is 0 Å². The summed E-state index contributed by atoms with van der Waals surface area (Å²) in [7, 11) is 0. The summed E-state index contributed by atoms with van der Waals surface area (Å²) in [5.74, 6) is 3.85. The lowest BCUT2D eigenvalue weighted by Gasteiger charge is -2.52. The number of ether oxygens (including phenoxy) is 2. The number of benzene rings is 1. The lowest BCUT2D eigenvalue weighted by atomic mass is 9.56. The highest BCUT2D eigenvalue weighted by atomic mass is 16.7. The molecular weight excluding hydrogens is 344 g/mol. The van der Waals surface area contributed by atoms with Crippen LogP contribution in [0.3, 0.4) is 0 Å². The van der Waals surface area contributed by atoms with Gasteiger partial charge in [0.05, 0.1) is 0 Å². The Morgan fingerprint density at radius 1 is 1.00 bits per heavy atom. The van der Waals surface area contributed by atoms with Gasteiger partial charge in [-0.3, -0.25) is 0 Å². The van der Waals surface area contributed by atoms with E-state index in [1.54, 1.807) is 0 Å². The van der Waals surface area contributed by atoms with Gasteiger partial charge in [-0.05, 0) is 85.8 Å². The highest BCUT2D eigenvalue weighted by Gasteiger charge is 2.50. The van der Waals surface area contributed by atoms with Gasteiger partial charge in [0.1, 0.15) is 5.75 Å². The van der Waals surface area contributed by atoms with Crippen LogP contribution in [-0.2, 0) is 4.74 Å². The molecule has 0 saturated heterocycles. The molecule has 2 heteroatoms. The van der Waals surface area contributed by atoms with Crippen molar-refractivity contribution in [3.05, 3.63) is 29.8 Å². The van der Waals surface area contributed by atoms with Crippen molar-refractivity contribution in [1.82, 2.24) is 0 Å². The predicted molar refractivity (Wildman–Crippen MR) is 118 cm³/mol.